The summed E-state index contributed by atoms with van der Waals surface area (Å²) in [5, 5.41) is 2.18. The van der Waals surface area contributed by atoms with Gasteiger partial charge in [-0.05, 0) is 65.4 Å². The average Bonchev–Trinajstić information content (AvgIpc) is 3.17. The van der Waals surface area contributed by atoms with Gasteiger partial charge in [0.2, 0.25) is 0 Å². The second kappa shape index (κ2) is 8.46. The third-order valence-electron chi connectivity index (χ3n) is 3.93. The molecule has 0 aliphatic carbocycles. The fourth-order valence-electron chi connectivity index (χ4n) is 2.67. The number of hydrogen-bond acceptors (Lipinski definition) is 6. The Morgan fingerprint density at radius 2 is 2.07 bits per heavy atom. The predicted octanol–water partition coefficient (Wildman–Crippen LogP) is 2.95. The molecule has 1 aromatic carbocycles. The molecule has 0 atom stereocenters. The number of nitrogens with zero attached hydrogens (tertiary/aromatic N) is 1. The first-order valence-corrected chi connectivity index (χ1v) is 9.44. The number of hydrogen-bond donors (Lipinski definition) is 1. The van der Waals surface area contributed by atoms with E-state index < -0.39 is 17.8 Å². The van der Waals surface area contributed by atoms with E-state index in [1.165, 1.54) is 19.4 Å². The molecule has 2 aromatic rings. The molecule has 9 heteroatoms. The topological polar surface area (TPSA) is 98.1 Å². The molecule has 0 spiro atoms. The van der Waals surface area contributed by atoms with Gasteiger partial charge >= 0.3 is 6.03 Å². The van der Waals surface area contributed by atoms with Crippen molar-refractivity contribution in [3.63, 3.8) is 0 Å². The molecule has 0 saturated carbocycles. The summed E-state index contributed by atoms with van der Waals surface area (Å²) in [6.07, 6.45) is 2.86. The van der Waals surface area contributed by atoms with Crippen molar-refractivity contribution in [2.75, 3.05) is 13.7 Å². The summed E-state index contributed by atoms with van der Waals surface area (Å²) in [6.45, 7) is 2.25. The van der Waals surface area contributed by atoms with Gasteiger partial charge in [-0.15, -0.1) is 0 Å². The van der Waals surface area contributed by atoms with Crippen LogP contribution in [-0.4, -0.2) is 36.5 Å². The second-order valence-electron chi connectivity index (χ2n) is 5.76. The zero-order chi connectivity index (χ0) is 20.3. The van der Waals surface area contributed by atoms with E-state index in [1.54, 1.807) is 24.3 Å². The molecule has 8 nitrogen and oxygen atoms in total. The molecule has 1 aliphatic rings. The van der Waals surface area contributed by atoms with E-state index in [4.69, 9.17) is 13.9 Å². The van der Waals surface area contributed by atoms with Gasteiger partial charge in [0, 0.05) is 0 Å². The van der Waals surface area contributed by atoms with E-state index in [-0.39, 0.29) is 12.1 Å². The first kappa shape index (κ1) is 19.9. The Bertz CT molecular complexity index is 952. The van der Waals surface area contributed by atoms with Gasteiger partial charge in [-0.2, -0.15) is 0 Å². The highest BCUT2D eigenvalue weighted by molar-refractivity contribution is 14.1. The fourth-order valence-corrected chi connectivity index (χ4v) is 3.45. The molecule has 2 heterocycles. The summed E-state index contributed by atoms with van der Waals surface area (Å²) in [7, 11) is 1.51. The summed E-state index contributed by atoms with van der Waals surface area (Å²) < 4.78 is 16.9. The lowest BCUT2D eigenvalue weighted by Crippen LogP contribution is -2.53. The summed E-state index contributed by atoms with van der Waals surface area (Å²) in [6, 6.07) is 5.92. The van der Waals surface area contributed by atoms with E-state index in [0.717, 1.165) is 8.47 Å². The number of nitrogens with one attached hydrogen (secondary N) is 1. The van der Waals surface area contributed by atoms with Crippen molar-refractivity contribution in [2.45, 2.75) is 13.5 Å². The summed E-state index contributed by atoms with van der Waals surface area (Å²) in [5.74, 6) is 0.0330. The standard InChI is InChI=1S/C19H17IN2O6/c1-3-27-16-14(20)8-11(9-15(16)26-2)7-13-17(23)21-19(25)22(18(13)24)10-12-5-4-6-28-12/h4-9H,3,10H2,1-2H3,(H,21,23,25)/b13-7-. The van der Waals surface area contributed by atoms with Crippen LogP contribution in [0.4, 0.5) is 4.79 Å². The smallest absolute Gasteiger partial charge is 0.331 e. The van der Waals surface area contributed by atoms with Crippen molar-refractivity contribution in [1.29, 1.82) is 0 Å². The number of halogens is 1. The number of urea groups is 1. The van der Waals surface area contributed by atoms with E-state index >= 15 is 0 Å². The van der Waals surface area contributed by atoms with Crippen molar-refractivity contribution < 1.29 is 28.3 Å². The van der Waals surface area contributed by atoms with Crippen molar-refractivity contribution in [2.24, 2.45) is 0 Å². The lowest BCUT2D eigenvalue weighted by Gasteiger charge is -2.25. The Morgan fingerprint density at radius 1 is 1.29 bits per heavy atom. The molecule has 1 N–H and O–H groups in total. The van der Waals surface area contributed by atoms with Crippen LogP contribution in [0.15, 0.2) is 40.5 Å². The molecule has 1 aliphatic heterocycles. The van der Waals surface area contributed by atoms with Gasteiger partial charge in [0.15, 0.2) is 11.5 Å². The number of benzene rings is 1. The van der Waals surface area contributed by atoms with Crippen LogP contribution in [0.25, 0.3) is 6.08 Å². The van der Waals surface area contributed by atoms with Crippen LogP contribution in [0.5, 0.6) is 11.5 Å². The number of furan rings is 1. The van der Waals surface area contributed by atoms with Crippen molar-refractivity contribution in [3.8, 4) is 11.5 Å². The Labute approximate surface area is 174 Å². The highest BCUT2D eigenvalue weighted by Gasteiger charge is 2.36. The lowest BCUT2D eigenvalue weighted by molar-refractivity contribution is -0.130. The van der Waals surface area contributed by atoms with Crippen LogP contribution in [0, 0.1) is 3.57 Å². The number of methoxy groups -OCH3 is 1. The van der Waals surface area contributed by atoms with E-state index in [2.05, 4.69) is 27.9 Å². The largest absolute Gasteiger partial charge is 0.493 e. The number of imide groups is 2. The molecule has 146 valence electrons. The van der Waals surface area contributed by atoms with E-state index in [9.17, 15) is 14.4 Å². The van der Waals surface area contributed by atoms with Gasteiger partial charge in [0.1, 0.15) is 11.3 Å². The zero-order valence-electron chi connectivity index (χ0n) is 15.2. The number of rotatable bonds is 6. The van der Waals surface area contributed by atoms with Crippen molar-refractivity contribution in [1.82, 2.24) is 10.2 Å². The first-order chi connectivity index (χ1) is 13.4. The maximum absolute atomic E-state index is 12.8. The van der Waals surface area contributed by atoms with Gasteiger partial charge in [-0.3, -0.25) is 19.8 Å². The van der Waals surface area contributed by atoms with E-state index in [1.807, 2.05) is 6.92 Å². The fraction of sp³-hybridized carbons (Fsp3) is 0.211. The summed E-state index contributed by atoms with van der Waals surface area (Å²) >= 11 is 2.09. The molecular weight excluding hydrogens is 479 g/mol. The minimum absolute atomic E-state index is 0.0770. The predicted molar refractivity (Wildman–Crippen MR) is 108 cm³/mol. The maximum Gasteiger partial charge on any atom is 0.331 e. The molecule has 1 aromatic heterocycles. The number of carbonyl (C=O) groups is 3. The van der Waals surface area contributed by atoms with Crippen LogP contribution >= 0.6 is 22.6 Å². The van der Waals surface area contributed by atoms with Crippen molar-refractivity contribution in [3.05, 3.63) is 51.0 Å². The minimum atomic E-state index is -0.789. The van der Waals surface area contributed by atoms with Crippen LogP contribution in [0.2, 0.25) is 0 Å². The van der Waals surface area contributed by atoms with Gasteiger partial charge < -0.3 is 13.9 Å². The Hall–Kier alpha value is -2.82. The highest BCUT2D eigenvalue weighted by Crippen LogP contribution is 2.34. The first-order valence-electron chi connectivity index (χ1n) is 8.36. The van der Waals surface area contributed by atoms with Gasteiger partial charge in [0.05, 0.1) is 30.1 Å². The van der Waals surface area contributed by atoms with Crippen LogP contribution in [0.3, 0.4) is 0 Å². The quantitative estimate of drug-likeness (QED) is 0.375. The number of amides is 4. The summed E-state index contributed by atoms with van der Waals surface area (Å²) in [5.41, 5.74) is 0.406. The molecule has 0 radical (unpaired) electrons. The van der Waals surface area contributed by atoms with Gasteiger partial charge in [0.25, 0.3) is 11.8 Å². The molecule has 0 unspecified atom stereocenters. The molecule has 1 fully saturated rings. The number of barbiturate groups is 1. The van der Waals surface area contributed by atoms with Crippen LogP contribution in [0.1, 0.15) is 18.2 Å². The maximum atomic E-state index is 12.8. The van der Waals surface area contributed by atoms with Crippen LogP contribution in [-0.2, 0) is 16.1 Å². The number of carbonyl (C=O) groups excluding carboxylic acids is 3. The third kappa shape index (κ3) is 4.03. The monoisotopic (exact) mass is 496 g/mol. The third-order valence-corrected chi connectivity index (χ3v) is 4.73. The molecular formula is C19H17IN2O6. The zero-order valence-corrected chi connectivity index (χ0v) is 17.3. The Morgan fingerprint density at radius 3 is 2.71 bits per heavy atom. The van der Waals surface area contributed by atoms with Gasteiger partial charge in [-0.25, -0.2) is 4.79 Å². The average molecular weight is 496 g/mol. The molecule has 28 heavy (non-hydrogen) atoms. The Kier molecular flexibility index (Phi) is 6.02. The molecule has 3 rings (SSSR count). The second-order valence-corrected chi connectivity index (χ2v) is 6.92. The minimum Gasteiger partial charge on any atom is -0.493 e. The van der Waals surface area contributed by atoms with E-state index in [0.29, 0.717) is 29.4 Å². The normalized spacial score (nSPS) is 15.8. The van der Waals surface area contributed by atoms with Crippen LogP contribution < -0.4 is 14.8 Å². The molecule has 0 bridgehead atoms. The summed E-state index contributed by atoms with van der Waals surface area (Å²) in [4.78, 5) is 38.0. The molecule has 1 saturated heterocycles. The highest BCUT2D eigenvalue weighted by atomic mass is 127. The van der Waals surface area contributed by atoms with Gasteiger partial charge in [-0.1, -0.05) is 0 Å². The SMILES string of the molecule is CCOc1c(I)cc(/C=C2/C(=O)NC(=O)N(Cc3ccco3)C2=O)cc1OC. The lowest BCUT2D eigenvalue weighted by atomic mass is 10.1. The van der Waals surface area contributed by atoms with Crippen molar-refractivity contribution >= 4 is 46.5 Å². The number of ether oxygens (including phenoxy) is 2. The molecule has 4 amide bonds. The Balaban J connectivity index is 1.95.